The number of amidine groups is 2. The monoisotopic (exact) mass is 337 g/mol. The highest BCUT2D eigenvalue weighted by Gasteiger charge is 2.22. The average Bonchev–Trinajstić information content (AvgIpc) is 3.07. The highest BCUT2D eigenvalue weighted by atomic mass is 35.5. The van der Waals surface area contributed by atoms with Gasteiger partial charge in [-0.3, -0.25) is 4.79 Å². The van der Waals surface area contributed by atoms with Gasteiger partial charge in [0.1, 0.15) is 5.84 Å². The minimum Gasteiger partial charge on any atom is -0.459 e. The predicted octanol–water partition coefficient (Wildman–Crippen LogP) is 3.73. The number of rotatable bonds is 1. The van der Waals surface area contributed by atoms with E-state index in [1.165, 1.54) is 6.26 Å². The summed E-state index contributed by atoms with van der Waals surface area (Å²) in [4.78, 5) is 23.0. The molecule has 118 valence electrons. The summed E-state index contributed by atoms with van der Waals surface area (Å²) < 4.78 is 5.12. The molecule has 1 amide bonds. The van der Waals surface area contributed by atoms with Gasteiger partial charge in [-0.05, 0) is 29.8 Å². The molecule has 2 aliphatic rings. The molecule has 1 aromatic heterocycles. The maximum atomic E-state index is 12.3. The third kappa shape index (κ3) is 2.70. The molecular weight excluding hydrogens is 326 g/mol. The molecule has 0 saturated carbocycles. The first-order valence-corrected chi connectivity index (χ1v) is 7.74. The number of amides is 1. The molecule has 0 N–H and O–H groups in total. The van der Waals surface area contributed by atoms with Crippen LogP contribution in [0.3, 0.4) is 0 Å². The molecule has 0 fully saturated rings. The van der Waals surface area contributed by atoms with Crippen molar-refractivity contribution < 1.29 is 9.21 Å². The smallest absolute Gasteiger partial charge is 0.314 e. The first-order valence-electron chi connectivity index (χ1n) is 7.36. The summed E-state index contributed by atoms with van der Waals surface area (Å²) in [5.41, 5.74) is 1.83. The lowest BCUT2D eigenvalue weighted by Crippen LogP contribution is -2.25. The van der Waals surface area contributed by atoms with Gasteiger partial charge >= 0.3 is 5.91 Å². The first-order chi connectivity index (χ1) is 11.7. The van der Waals surface area contributed by atoms with Gasteiger partial charge in [-0.2, -0.15) is 4.99 Å². The number of furan rings is 1. The molecular formula is C18H12ClN3O2. The van der Waals surface area contributed by atoms with E-state index in [1.807, 2.05) is 35.4 Å². The van der Waals surface area contributed by atoms with Crippen LogP contribution in [0.5, 0.6) is 0 Å². The summed E-state index contributed by atoms with van der Waals surface area (Å²) in [5.74, 6) is 0.765. The highest BCUT2D eigenvalue weighted by Crippen LogP contribution is 2.23. The lowest BCUT2D eigenvalue weighted by Gasteiger charge is -2.21. The number of benzene rings is 1. The van der Waals surface area contributed by atoms with Crippen molar-refractivity contribution in [1.82, 2.24) is 4.90 Å². The Balaban J connectivity index is 1.84. The van der Waals surface area contributed by atoms with Crippen molar-refractivity contribution >= 4 is 29.2 Å². The Kier molecular flexibility index (Phi) is 3.63. The third-order valence-electron chi connectivity index (χ3n) is 3.72. The van der Waals surface area contributed by atoms with Crippen LogP contribution in [-0.2, 0) is 6.54 Å². The van der Waals surface area contributed by atoms with E-state index in [0.29, 0.717) is 23.2 Å². The number of halogens is 1. The zero-order valence-corrected chi connectivity index (χ0v) is 13.3. The number of allylic oxidation sites excluding steroid dienone is 2. The second kappa shape index (κ2) is 5.94. The van der Waals surface area contributed by atoms with Crippen LogP contribution in [0.4, 0.5) is 0 Å². The zero-order valence-electron chi connectivity index (χ0n) is 12.5. The number of nitrogens with zero attached hydrogens (tertiary/aromatic N) is 3. The van der Waals surface area contributed by atoms with Crippen molar-refractivity contribution in [2.45, 2.75) is 6.54 Å². The van der Waals surface area contributed by atoms with Gasteiger partial charge in [0.2, 0.25) is 0 Å². The van der Waals surface area contributed by atoms with E-state index in [4.69, 9.17) is 16.0 Å². The van der Waals surface area contributed by atoms with Crippen LogP contribution in [0, 0.1) is 0 Å². The number of hydrogen-bond acceptors (Lipinski definition) is 3. The predicted molar refractivity (Wildman–Crippen MR) is 92.1 cm³/mol. The fourth-order valence-corrected chi connectivity index (χ4v) is 2.78. The Labute approximate surface area is 143 Å². The van der Waals surface area contributed by atoms with Crippen molar-refractivity contribution in [3.63, 3.8) is 0 Å². The second-order valence-electron chi connectivity index (χ2n) is 5.32. The van der Waals surface area contributed by atoms with Gasteiger partial charge in [0.25, 0.3) is 0 Å². The lowest BCUT2D eigenvalue weighted by molar-refractivity contribution is 0.0976. The van der Waals surface area contributed by atoms with Crippen LogP contribution in [0.25, 0.3) is 0 Å². The molecule has 3 heterocycles. The Hall–Kier alpha value is -2.92. The molecule has 0 bridgehead atoms. The van der Waals surface area contributed by atoms with E-state index in [-0.39, 0.29) is 5.76 Å². The second-order valence-corrected chi connectivity index (χ2v) is 5.76. The normalized spacial score (nSPS) is 17.7. The summed E-state index contributed by atoms with van der Waals surface area (Å²) in [6.45, 7) is 0.601. The molecule has 0 atom stereocenters. The number of carbonyl (C=O) groups is 1. The molecule has 0 unspecified atom stereocenters. The molecule has 1 aromatic carbocycles. The van der Waals surface area contributed by atoms with E-state index in [2.05, 4.69) is 9.98 Å². The molecule has 4 rings (SSSR count). The van der Waals surface area contributed by atoms with E-state index in [1.54, 1.807) is 24.3 Å². The van der Waals surface area contributed by atoms with Crippen LogP contribution in [-0.4, -0.2) is 22.5 Å². The van der Waals surface area contributed by atoms with Crippen molar-refractivity contribution in [3.05, 3.63) is 82.9 Å². The number of hydrogen-bond donors (Lipinski definition) is 0. The van der Waals surface area contributed by atoms with Crippen LogP contribution < -0.4 is 0 Å². The standard InChI is InChI=1S/C18H12ClN3O2/c19-13-7-8-16-20-17(21-18(23)15-6-3-9-24-15)14-5-2-1-4-12(14)10-22(16)11-13/h1-9,11H,10H2. The fraction of sp³-hybridized carbons (Fsp3) is 0.0556. The van der Waals surface area contributed by atoms with E-state index >= 15 is 0 Å². The van der Waals surface area contributed by atoms with Gasteiger partial charge < -0.3 is 9.32 Å². The Morgan fingerprint density at radius 1 is 1.21 bits per heavy atom. The fourth-order valence-electron chi connectivity index (χ4n) is 2.60. The van der Waals surface area contributed by atoms with E-state index in [0.717, 1.165) is 11.1 Å². The summed E-state index contributed by atoms with van der Waals surface area (Å²) in [7, 11) is 0. The van der Waals surface area contributed by atoms with Crippen LogP contribution in [0.15, 0.2) is 80.4 Å². The van der Waals surface area contributed by atoms with Crippen LogP contribution in [0.1, 0.15) is 21.7 Å². The van der Waals surface area contributed by atoms with Crippen LogP contribution >= 0.6 is 11.6 Å². The van der Waals surface area contributed by atoms with Crippen molar-refractivity contribution in [2.24, 2.45) is 9.98 Å². The molecule has 24 heavy (non-hydrogen) atoms. The minimum atomic E-state index is -0.462. The molecule has 6 heteroatoms. The first kappa shape index (κ1) is 14.7. The molecule has 0 radical (unpaired) electrons. The Morgan fingerprint density at radius 2 is 2.08 bits per heavy atom. The molecule has 0 aliphatic carbocycles. The van der Waals surface area contributed by atoms with Gasteiger partial charge in [-0.15, -0.1) is 0 Å². The van der Waals surface area contributed by atoms with E-state index < -0.39 is 5.91 Å². The average molecular weight is 338 g/mol. The lowest BCUT2D eigenvalue weighted by atomic mass is 10.1. The summed E-state index contributed by atoms with van der Waals surface area (Å²) >= 11 is 6.09. The minimum absolute atomic E-state index is 0.184. The van der Waals surface area contributed by atoms with Gasteiger partial charge in [-0.25, -0.2) is 4.99 Å². The molecule has 2 aromatic rings. The van der Waals surface area contributed by atoms with Crippen LogP contribution in [0.2, 0.25) is 0 Å². The number of fused-ring (bicyclic) bond motifs is 2. The van der Waals surface area contributed by atoms with Crippen molar-refractivity contribution in [2.75, 3.05) is 0 Å². The number of aliphatic imine (C=N–C) groups is 2. The topological polar surface area (TPSA) is 58.2 Å². The summed E-state index contributed by atoms with van der Waals surface area (Å²) in [6, 6.07) is 11.0. The van der Waals surface area contributed by atoms with Crippen molar-refractivity contribution in [1.29, 1.82) is 0 Å². The molecule has 0 saturated heterocycles. The highest BCUT2D eigenvalue weighted by molar-refractivity contribution is 6.32. The SMILES string of the molecule is O=C(N=C1N=C2C=CC(Cl)=CN2Cc2ccccc21)c1ccco1. The van der Waals surface area contributed by atoms with E-state index in [9.17, 15) is 4.79 Å². The third-order valence-corrected chi connectivity index (χ3v) is 3.95. The summed E-state index contributed by atoms with van der Waals surface area (Å²) in [5, 5.41) is 0.624. The maximum absolute atomic E-state index is 12.3. The Bertz CT molecular complexity index is 924. The molecule has 5 nitrogen and oxygen atoms in total. The van der Waals surface area contributed by atoms with Gasteiger partial charge in [0, 0.05) is 18.3 Å². The maximum Gasteiger partial charge on any atom is 0.314 e. The Morgan fingerprint density at radius 3 is 2.92 bits per heavy atom. The van der Waals surface area contributed by atoms with Gasteiger partial charge in [0.05, 0.1) is 11.3 Å². The molecule has 0 spiro atoms. The van der Waals surface area contributed by atoms with Gasteiger partial charge in [0.15, 0.2) is 11.6 Å². The van der Waals surface area contributed by atoms with Crippen molar-refractivity contribution in [3.8, 4) is 0 Å². The quantitative estimate of drug-likeness (QED) is 0.796. The largest absolute Gasteiger partial charge is 0.459 e. The zero-order chi connectivity index (χ0) is 16.5. The van der Waals surface area contributed by atoms with Gasteiger partial charge in [-0.1, -0.05) is 35.9 Å². The molecule has 2 aliphatic heterocycles. The summed E-state index contributed by atoms with van der Waals surface area (Å²) in [6.07, 6.45) is 6.83. The number of carbonyl (C=O) groups excluding carboxylic acids is 1.